The molecule has 1 fully saturated rings. The highest BCUT2D eigenvalue weighted by molar-refractivity contribution is 7.92. The van der Waals surface area contributed by atoms with Crippen LogP contribution in [0.1, 0.15) is 29.5 Å². The standard InChI is InChI=1S/C28H31N3O4S/c32-28(29-18-23-12-4-5-13-24(23)19-30-16-8-9-17-30)27-20-31(25-14-6-7-15-26(25)35-27)36(33,34)21-22-10-2-1-3-11-22/h1-7,10-15,27H,8-9,16-21H2,(H,29,32)/t27-/m1/s1. The third kappa shape index (κ3) is 5.55. The molecule has 0 bridgehead atoms. The van der Waals surface area contributed by atoms with E-state index < -0.39 is 16.1 Å². The van der Waals surface area contributed by atoms with E-state index in [1.807, 2.05) is 36.4 Å². The highest BCUT2D eigenvalue weighted by atomic mass is 32.2. The number of para-hydroxylation sites is 2. The Kier molecular flexibility index (Phi) is 7.25. The van der Waals surface area contributed by atoms with Gasteiger partial charge in [0.05, 0.1) is 18.0 Å². The Balaban J connectivity index is 1.31. The lowest BCUT2D eigenvalue weighted by molar-refractivity contribution is -0.127. The monoisotopic (exact) mass is 505 g/mol. The van der Waals surface area contributed by atoms with Gasteiger partial charge in [0, 0.05) is 13.1 Å². The van der Waals surface area contributed by atoms with Crippen molar-refractivity contribution < 1.29 is 17.9 Å². The van der Waals surface area contributed by atoms with Crippen LogP contribution in [0.4, 0.5) is 5.69 Å². The quantitative estimate of drug-likeness (QED) is 0.505. The molecule has 36 heavy (non-hydrogen) atoms. The Morgan fingerprint density at radius 2 is 1.56 bits per heavy atom. The van der Waals surface area contributed by atoms with Crippen molar-refractivity contribution in [2.75, 3.05) is 23.9 Å². The maximum atomic E-state index is 13.4. The number of carbonyl (C=O) groups is 1. The number of likely N-dealkylation sites (tertiary alicyclic amines) is 1. The number of amides is 1. The lowest BCUT2D eigenvalue weighted by Crippen LogP contribution is -2.50. The first-order valence-corrected chi connectivity index (χ1v) is 14.0. The summed E-state index contributed by atoms with van der Waals surface area (Å²) in [5, 5.41) is 2.98. The molecule has 0 unspecified atom stereocenters. The number of hydrogen-bond donors (Lipinski definition) is 1. The van der Waals surface area contributed by atoms with Crippen molar-refractivity contribution in [3.8, 4) is 5.75 Å². The number of ether oxygens (including phenoxy) is 1. The number of nitrogens with one attached hydrogen (secondary N) is 1. The summed E-state index contributed by atoms with van der Waals surface area (Å²) in [5.41, 5.74) is 3.40. The van der Waals surface area contributed by atoms with Gasteiger partial charge in [-0.1, -0.05) is 66.7 Å². The third-order valence-electron chi connectivity index (χ3n) is 6.72. The molecule has 0 radical (unpaired) electrons. The van der Waals surface area contributed by atoms with Gasteiger partial charge in [-0.2, -0.15) is 0 Å². The molecule has 2 heterocycles. The van der Waals surface area contributed by atoms with Crippen LogP contribution >= 0.6 is 0 Å². The van der Waals surface area contributed by atoms with Crippen LogP contribution in [0.3, 0.4) is 0 Å². The van der Waals surface area contributed by atoms with Gasteiger partial charge in [0.1, 0.15) is 5.75 Å². The largest absolute Gasteiger partial charge is 0.476 e. The van der Waals surface area contributed by atoms with Crippen molar-refractivity contribution in [3.63, 3.8) is 0 Å². The minimum absolute atomic E-state index is 0.0760. The summed E-state index contributed by atoms with van der Waals surface area (Å²) >= 11 is 0. The Labute approximate surface area is 212 Å². The van der Waals surface area contributed by atoms with E-state index in [1.54, 1.807) is 36.4 Å². The molecule has 1 amide bonds. The smallest absolute Gasteiger partial charge is 0.263 e. The first-order valence-electron chi connectivity index (χ1n) is 12.4. The highest BCUT2D eigenvalue weighted by Gasteiger charge is 2.36. The lowest BCUT2D eigenvalue weighted by Gasteiger charge is -2.34. The normalized spacial score (nSPS) is 17.9. The van der Waals surface area contributed by atoms with Crippen molar-refractivity contribution in [3.05, 3.63) is 95.6 Å². The molecule has 2 aliphatic heterocycles. The third-order valence-corrected chi connectivity index (χ3v) is 8.43. The molecule has 1 saturated heterocycles. The molecule has 0 aliphatic carbocycles. The fourth-order valence-corrected chi connectivity index (χ4v) is 6.41. The summed E-state index contributed by atoms with van der Waals surface area (Å²) in [5.74, 6) is -0.101. The molecule has 3 aromatic carbocycles. The molecule has 7 nitrogen and oxygen atoms in total. The van der Waals surface area contributed by atoms with Crippen LogP contribution in [0.25, 0.3) is 0 Å². The zero-order valence-corrected chi connectivity index (χ0v) is 21.0. The molecular weight excluding hydrogens is 474 g/mol. The lowest BCUT2D eigenvalue weighted by atomic mass is 10.1. The van der Waals surface area contributed by atoms with Gasteiger partial charge < -0.3 is 10.1 Å². The molecule has 3 aromatic rings. The number of fused-ring (bicyclic) bond motifs is 1. The molecule has 188 valence electrons. The van der Waals surface area contributed by atoms with Crippen LogP contribution in [0.15, 0.2) is 78.9 Å². The predicted octanol–water partition coefficient (Wildman–Crippen LogP) is 3.70. The van der Waals surface area contributed by atoms with Gasteiger partial charge in [0.2, 0.25) is 10.0 Å². The predicted molar refractivity (Wildman–Crippen MR) is 140 cm³/mol. The Morgan fingerprint density at radius 3 is 2.33 bits per heavy atom. The molecule has 1 atom stereocenters. The van der Waals surface area contributed by atoms with E-state index in [1.165, 1.54) is 22.7 Å². The summed E-state index contributed by atoms with van der Waals surface area (Å²) in [7, 11) is -3.74. The van der Waals surface area contributed by atoms with Crippen molar-refractivity contribution in [1.29, 1.82) is 0 Å². The van der Waals surface area contributed by atoms with Crippen LogP contribution in [0, 0.1) is 0 Å². The van der Waals surface area contributed by atoms with Crippen molar-refractivity contribution in [1.82, 2.24) is 10.2 Å². The summed E-state index contributed by atoms with van der Waals surface area (Å²) in [6, 6.07) is 24.1. The minimum atomic E-state index is -3.74. The van der Waals surface area contributed by atoms with E-state index >= 15 is 0 Å². The summed E-state index contributed by atoms with van der Waals surface area (Å²) in [4.78, 5) is 15.6. The van der Waals surface area contributed by atoms with Gasteiger partial charge in [-0.05, 0) is 54.8 Å². The van der Waals surface area contributed by atoms with E-state index in [0.29, 0.717) is 23.5 Å². The van der Waals surface area contributed by atoms with Crippen LogP contribution in [-0.4, -0.2) is 45.0 Å². The van der Waals surface area contributed by atoms with Gasteiger partial charge in [-0.15, -0.1) is 0 Å². The highest BCUT2D eigenvalue weighted by Crippen LogP contribution is 2.35. The maximum absolute atomic E-state index is 13.4. The van der Waals surface area contributed by atoms with Crippen LogP contribution in [-0.2, 0) is 33.7 Å². The van der Waals surface area contributed by atoms with Gasteiger partial charge in [-0.3, -0.25) is 14.0 Å². The average molecular weight is 506 g/mol. The van der Waals surface area contributed by atoms with Crippen LogP contribution in [0.2, 0.25) is 0 Å². The zero-order valence-electron chi connectivity index (χ0n) is 20.2. The molecule has 0 aromatic heterocycles. The number of hydrogen-bond acceptors (Lipinski definition) is 5. The average Bonchev–Trinajstić information content (AvgIpc) is 3.41. The molecule has 0 saturated carbocycles. The molecule has 1 N–H and O–H groups in total. The van der Waals surface area contributed by atoms with Gasteiger partial charge in [-0.25, -0.2) is 8.42 Å². The van der Waals surface area contributed by atoms with Crippen molar-refractivity contribution in [2.45, 2.75) is 37.8 Å². The van der Waals surface area contributed by atoms with E-state index in [0.717, 1.165) is 25.2 Å². The SMILES string of the molecule is O=C(NCc1ccccc1CN1CCCC1)[C@H]1CN(S(=O)(=O)Cc2ccccc2)c2ccccc2O1. The van der Waals surface area contributed by atoms with E-state index in [2.05, 4.69) is 16.3 Å². The topological polar surface area (TPSA) is 79.0 Å². The fourth-order valence-electron chi connectivity index (χ4n) is 4.83. The van der Waals surface area contributed by atoms with Crippen LogP contribution in [0.5, 0.6) is 5.75 Å². The van der Waals surface area contributed by atoms with E-state index in [9.17, 15) is 13.2 Å². The van der Waals surface area contributed by atoms with Gasteiger partial charge in [0.25, 0.3) is 5.91 Å². The summed E-state index contributed by atoms with van der Waals surface area (Å²) in [6.07, 6.45) is 1.50. The minimum Gasteiger partial charge on any atom is -0.476 e. The Bertz CT molecular complexity index is 1310. The number of nitrogens with zero attached hydrogens (tertiary/aromatic N) is 2. The second-order valence-electron chi connectivity index (χ2n) is 9.32. The van der Waals surface area contributed by atoms with Crippen molar-refractivity contribution in [2.24, 2.45) is 0 Å². The second kappa shape index (κ2) is 10.7. The van der Waals surface area contributed by atoms with Gasteiger partial charge in [0.15, 0.2) is 6.10 Å². The van der Waals surface area contributed by atoms with Crippen LogP contribution < -0.4 is 14.4 Å². The molecule has 2 aliphatic rings. The summed E-state index contributed by atoms with van der Waals surface area (Å²) in [6.45, 7) is 3.35. The summed E-state index contributed by atoms with van der Waals surface area (Å²) < 4.78 is 34.1. The number of anilines is 1. The number of rotatable bonds is 8. The molecular formula is C28H31N3O4S. The second-order valence-corrected chi connectivity index (χ2v) is 11.2. The van der Waals surface area contributed by atoms with Crippen molar-refractivity contribution >= 4 is 21.6 Å². The maximum Gasteiger partial charge on any atom is 0.263 e. The Hall–Kier alpha value is -3.36. The first-order chi connectivity index (χ1) is 17.5. The molecule has 5 rings (SSSR count). The van der Waals surface area contributed by atoms with Gasteiger partial charge >= 0.3 is 0 Å². The molecule has 0 spiro atoms. The number of sulfonamides is 1. The zero-order chi connectivity index (χ0) is 25.0. The fraction of sp³-hybridized carbons (Fsp3) is 0.321. The number of benzene rings is 3. The van der Waals surface area contributed by atoms with E-state index in [4.69, 9.17) is 4.74 Å². The number of carbonyl (C=O) groups excluding carboxylic acids is 1. The molecule has 8 heteroatoms. The van der Waals surface area contributed by atoms with E-state index in [-0.39, 0.29) is 18.2 Å². The Morgan fingerprint density at radius 1 is 0.889 bits per heavy atom. The first kappa shape index (κ1) is 24.3.